The van der Waals surface area contributed by atoms with Crippen molar-refractivity contribution in [3.05, 3.63) is 78.0 Å². The fourth-order valence-corrected chi connectivity index (χ4v) is 3.96. The SMILES string of the molecule is COc1ccc(CC(=O)N2CCCC(c3nccnc3-c3ccccc3F)C2)cc1. The van der Waals surface area contributed by atoms with Gasteiger partial charge in [0.05, 0.1) is 24.9 Å². The number of rotatable bonds is 5. The van der Waals surface area contributed by atoms with E-state index in [1.807, 2.05) is 29.2 Å². The van der Waals surface area contributed by atoms with Gasteiger partial charge in [-0.2, -0.15) is 0 Å². The summed E-state index contributed by atoms with van der Waals surface area (Å²) in [7, 11) is 1.62. The molecular formula is C24H24FN3O2. The van der Waals surface area contributed by atoms with Crippen LogP contribution in [0.15, 0.2) is 60.9 Å². The molecule has 30 heavy (non-hydrogen) atoms. The molecule has 0 spiro atoms. The number of benzene rings is 2. The Balaban J connectivity index is 1.52. The van der Waals surface area contributed by atoms with Gasteiger partial charge in [0.1, 0.15) is 11.6 Å². The Labute approximate surface area is 175 Å². The number of aromatic nitrogens is 2. The Morgan fingerprint density at radius 1 is 1.13 bits per heavy atom. The van der Waals surface area contributed by atoms with Crippen LogP contribution in [0.4, 0.5) is 4.39 Å². The zero-order chi connectivity index (χ0) is 20.9. The van der Waals surface area contributed by atoms with Crippen molar-refractivity contribution in [2.75, 3.05) is 20.2 Å². The van der Waals surface area contributed by atoms with Crippen molar-refractivity contribution < 1.29 is 13.9 Å². The molecule has 5 nitrogen and oxygen atoms in total. The highest BCUT2D eigenvalue weighted by Crippen LogP contribution is 2.33. The third-order valence-electron chi connectivity index (χ3n) is 5.53. The van der Waals surface area contributed by atoms with E-state index in [1.165, 1.54) is 6.07 Å². The molecule has 6 heteroatoms. The number of hydrogen-bond donors (Lipinski definition) is 0. The zero-order valence-corrected chi connectivity index (χ0v) is 16.9. The van der Waals surface area contributed by atoms with Gasteiger partial charge in [-0.15, -0.1) is 0 Å². The van der Waals surface area contributed by atoms with Crippen LogP contribution in [0.3, 0.4) is 0 Å². The zero-order valence-electron chi connectivity index (χ0n) is 16.9. The summed E-state index contributed by atoms with van der Waals surface area (Å²) >= 11 is 0. The van der Waals surface area contributed by atoms with Gasteiger partial charge < -0.3 is 9.64 Å². The lowest BCUT2D eigenvalue weighted by Gasteiger charge is -2.33. The summed E-state index contributed by atoms with van der Waals surface area (Å²) < 4.78 is 19.6. The summed E-state index contributed by atoms with van der Waals surface area (Å²) in [5, 5.41) is 0. The van der Waals surface area contributed by atoms with E-state index in [-0.39, 0.29) is 17.6 Å². The van der Waals surface area contributed by atoms with Crippen LogP contribution in [0, 0.1) is 5.82 Å². The average molecular weight is 405 g/mol. The van der Waals surface area contributed by atoms with Crippen LogP contribution in [0.5, 0.6) is 5.75 Å². The largest absolute Gasteiger partial charge is 0.497 e. The lowest BCUT2D eigenvalue weighted by atomic mass is 9.91. The van der Waals surface area contributed by atoms with Crippen LogP contribution in [0.1, 0.15) is 30.0 Å². The second-order valence-electron chi connectivity index (χ2n) is 7.47. The molecular weight excluding hydrogens is 381 g/mol. The van der Waals surface area contributed by atoms with E-state index in [4.69, 9.17) is 4.74 Å². The van der Waals surface area contributed by atoms with E-state index in [0.29, 0.717) is 24.2 Å². The third-order valence-corrected chi connectivity index (χ3v) is 5.53. The lowest BCUT2D eigenvalue weighted by Crippen LogP contribution is -2.40. The Kier molecular flexibility index (Phi) is 6.02. The fourth-order valence-electron chi connectivity index (χ4n) is 3.96. The van der Waals surface area contributed by atoms with Crippen molar-refractivity contribution in [3.63, 3.8) is 0 Å². The normalized spacial score (nSPS) is 16.3. The Morgan fingerprint density at radius 2 is 1.90 bits per heavy atom. The molecule has 0 bridgehead atoms. The molecule has 2 heterocycles. The molecule has 0 N–H and O–H groups in total. The van der Waals surface area contributed by atoms with E-state index in [0.717, 1.165) is 36.4 Å². The van der Waals surface area contributed by atoms with Crippen molar-refractivity contribution in [2.45, 2.75) is 25.2 Å². The molecule has 1 aliphatic rings. The van der Waals surface area contributed by atoms with Crippen LogP contribution in [0.25, 0.3) is 11.3 Å². The van der Waals surface area contributed by atoms with Gasteiger partial charge in [0, 0.05) is 37.0 Å². The quantitative estimate of drug-likeness (QED) is 0.637. The first-order valence-corrected chi connectivity index (χ1v) is 10.1. The second kappa shape index (κ2) is 9.03. The number of carbonyl (C=O) groups is 1. The van der Waals surface area contributed by atoms with Gasteiger partial charge in [-0.25, -0.2) is 4.39 Å². The molecule has 0 aliphatic carbocycles. The molecule has 1 amide bonds. The Hall–Kier alpha value is -3.28. The summed E-state index contributed by atoms with van der Waals surface area (Å²) in [6, 6.07) is 14.2. The molecule has 1 unspecified atom stereocenters. The molecule has 154 valence electrons. The van der Waals surface area contributed by atoms with Gasteiger partial charge in [0.15, 0.2) is 0 Å². The van der Waals surface area contributed by atoms with Crippen LogP contribution in [-0.2, 0) is 11.2 Å². The number of halogens is 1. The monoisotopic (exact) mass is 405 g/mol. The van der Waals surface area contributed by atoms with Gasteiger partial charge in [-0.05, 0) is 42.7 Å². The molecule has 4 rings (SSSR count). The number of piperidine rings is 1. The van der Waals surface area contributed by atoms with Crippen LogP contribution >= 0.6 is 0 Å². The number of likely N-dealkylation sites (tertiary alicyclic amines) is 1. The predicted octanol–water partition coefficient (Wildman–Crippen LogP) is 4.24. The van der Waals surface area contributed by atoms with Crippen molar-refractivity contribution >= 4 is 5.91 Å². The summed E-state index contributed by atoms with van der Waals surface area (Å²) in [5.41, 5.74) is 2.71. The lowest BCUT2D eigenvalue weighted by molar-refractivity contribution is -0.131. The van der Waals surface area contributed by atoms with Gasteiger partial charge in [0.25, 0.3) is 0 Å². The van der Waals surface area contributed by atoms with Gasteiger partial charge in [-0.1, -0.05) is 24.3 Å². The molecule has 0 radical (unpaired) electrons. The number of ether oxygens (including phenoxy) is 1. The minimum absolute atomic E-state index is 0.0295. The average Bonchev–Trinajstić information content (AvgIpc) is 2.80. The van der Waals surface area contributed by atoms with E-state index in [1.54, 1.807) is 37.7 Å². The number of nitrogens with zero attached hydrogens (tertiary/aromatic N) is 3. The van der Waals surface area contributed by atoms with Crippen molar-refractivity contribution in [2.24, 2.45) is 0 Å². The minimum atomic E-state index is -0.317. The molecule has 1 atom stereocenters. The molecule has 0 saturated carbocycles. The summed E-state index contributed by atoms with van der Waals surface area (Å²) in [4.78, 5) is 23.8. The van der Waals surface area contributed by atoms with Gasteiger partial charge in [0.2, 0.25) is 5.91 Å². The fraction of sp³-hybridized carbons (Fsp3) is 0.292. The Morgan fingerprint density at radius 3 is 2.67 bits per heavy atom. The first-order chi connectivity index (χ1) is 14.7. The first kappa shape index (κ1) is 20.0. The van der Waals surface area contributed by atoms with Gasteiger partial charge >= 0.3 is 0 Å². The minimum Gasteiger partial charge on any atom is -0.497 e. The second-order valence-corrected chi connectivity index (χ2v) is 7.47. The first-order valence-electron chi connectivity index (χ1n) is 10.1. The number of carbonyl (C=O) groups excluding carboxylic acids is 1. The topological polar surface area (TPSA) is 55.3 Å². The van der Waals surface area contributed by atoms with Crippen molar-refractivity contribution in [1.29, 1.82) is 0 Å². The van der Waals surface area contributed by atoms with E-state index in [2.05, 4.69) is 9.97 Å². The van der Waals surface area contributed by atoms with Crippen LogP contribution < -0.4 is 4.74 Å². The van der Waals surface area contributed by atoms with Crippen LogP contribution in [-0.4, -0.2) is 41.0 Å². The third kappa shape index (κ3) is 4.32. The molecule has 1 aliphatic heterocycles. The highest BCUT2D eigenvalue weighted by atomic mass is 19.1. The van der Waals surface area contributed by atoms with E-state index >= 15 is 0 Å². The molecule has 1 fully saturated rings. The number of amides is 1. The Bertz CT molecular complexity index is 1020. The van der Waals surface area contributed by atoms with E-state index < -0.39 is 0 Å². The number of methoxy groups -OCH3 is 1. The van der Waals surface area contributed by atoms with Crippen LogP contribution in [0.2, 0.25) is 0 Å². The van der Waals surface area contributed by atoms with E-state index in [9.17, 15) is 9.18 Å². The number of hydrogen-bond acceptors (Lipinski definition) is 4. The van der Waals surface area contributed by atoms with Crippen molar-refractivity contribution in [1.82, 2.24) is 14.9 Å². The molecule has 3 aromatic rings. The maximum atomic E-state index is 14.4. The molecule has 2 aromatic carbocycles. The summed E-state index contributed by atoms with van der Waals surface area (Å²) in [6.45, 7) is 1.29. The predicted molar refractivity (Wildman–Crippen MR) is 113 cm³/mol. The molecule has 1 saturated heterocycles. The van der Waals surface area contributed by atoms with Gasteiger partial charge in [-0.3, -0.25) is 14.8 Å². The summed E-state index contributed by atoms with van der Waals surface area (Å²) in [6.07, 6.45) is 5.34. The van der Waals surface area contributed by atoms with Crippen molar-refractivity contribution in [3.8, 4) is 17.0 Å². The maximum absolute atomic E-state index is 14.4. The highest BCUT2D eigenvalue weighted by molar-refractivity contribution is 5.79. The standard InChI is InChI=1S/C24H24FN3O2/c1-30-19-10-8-17(9-11-19)15-22(29)28-14-4-5-18(16-28)23-24(27-13-12-26-23)20-6-2-3-7-21(20)25/h2-3,6-13,18H,4-5,14-16H2,1H3. The smallest absolute Gasteiger partial charge is 0.227 e. The highest BCUT2D eigenvalue weighted by Gasteiger charge is 2.28. The molecule has 1 aromatic heterocycles. The summed E-state index contributed by atoms with van der Waals surface area (Å²) in [5.74, 6) is 0.568. The maximum Gasteiger partial charge on any atom is 0.227 e.